The molecule has 114 valence electrons. The maximum Gasteiger partial charge on any atom is 0.0749 e. The van der Waals surface area contributed by atoms with Gasteiger partial charge in [0, 0.05) is 11.2 Å². The van der Waals surface area contributed by atoms with Gasteiger partial charge in [-0.2, -0.15) is 12.6 Å². The van der Waals surface area contributed by atoms with Gasteiger partial charge in [-0.3, -0.25) is 0 Å². The molecule has 1 heterocycles. The van der Waals surface area contributed by atoms with Crippen LogP contribution in [0.1, 0.15) is 73.6 Å². The van der Waals surface area contributed by atoms with E-state index in [0.29, 0.717) is 22.7 Å². The molecule has 1 aliphatic heterocycles. The summed E-state index contributed by atoms with van der Waals surface area (Å²) in [5.74, 6) is 0.608. The maximum absolute atomic E-state index is 5.62. The number of hydrogen-bond acceptors (Lipinski definition) is 2. The molecule has 19 heavy (non-hydrogen) atoms. The van der Waals surface area contributed by atoms with Gasteiger partial charge < -0.3 is 4.74 Å². The topological polar surface area (TPSA) is 9.23 Å². The highest BCUT2D eigenvalue weighted by Gasteiger charge is 2.26. The van der Waals surface area contributed by atoms with Crippen molar-refractivity contribution in [3.8, 4) is 0 Å². The summed E-state index contributed by atoms with van der Waals surface area (Å²) in [4.78, 5) is 0. The van der Waals surface area contributed by atoms with Crippen LogP contribution in [0.2, 0.25) is 0 Å². The van der Waals surface area contributed by atoms with Gasteiger partial charge in [-0.05, 0) is 38.0 Å². The Bertz CT molecular complexity index is 260. The molecular formula is C16H33OPS. The van der Waals surface area contributed by atoms with Crippen LogP contribution in [0.25, 0.3) is 0 Å². The van der Waals surface area contributed by atoms with Gasteiger partial charge in [-0.15, -0.1) is 0 Å². The van der Waals surface area contributed by atoms with E-state index in [1.807, 2.05) is 13.8 Å². The van der Waals surface area contributed by atoms with E-state index in [4.69, 9.17) is 17.4 Å². The van der Waals surface area contributed by atoms with E-state index in [2.05, 4.69) is 36.6 Å². The fraction of sp³-hybridized carbons (Fsp3) is 0.938. The van der Waals surface area contributed by atoms with Crippen molar-refractivity contribution in [3.05, 3.63) is 0 Å². The summed E-state index contributed by atoms with van der Waals surface area (Å²) in [6, 6.07) is 0. The Kier molecular flexibility index (Phi) is 9.66. The highest BCUT2D eigenvalue weighted by molar-refractivity contribution is 7.80. The lowest BCUT2D eigenvalue weighted by atomic mass is 9.88. The minimum absolute atomic E-state index is 0.383. The van der Waals surface area contributed by atoms with E-state index in [-0.39, 0.29) is 0 Å². The van der Waals surface area contributed by atoms with Crippen molar-refractivity contribution in [2.75, 3.05) is 0 Å². The molecule has 0 aromatic heterocycles. The first-order chi connectivity index (χ1) is 8.78. The highest BCUT2D eigenvalue weighted by atomic mass is 32.1. The Labute approximate surface area is 128 Å². The average molecular weight is 304 g/mol. The molecule has 3 atom stereocenters. The molecule has 0 spiro atoms. The molecule has 3 unspecified atom stereocenters. The first kappa shape index (κ1) is 19.5. The van der Waals surface area contributed by atoms with Gasteiger partial charge in [0.2, 0.25) is 0 Å². The van der Waals surface area contributed by atoms with Crippen molar-refractivity contribution in [1.82, 2.24) is 0 Å². The largest absolute Gasteiger partial charge is 0.343 e. The van der Waals surface area contributed by atoms with Gasteiger partial charge >= 0.3 is 0 Å². The van der Waals surface area contributed by atoms with E-state index in [0.717, 1.165) is 11.9 Å². The molecule has 1 aliphatic rings. The molecule has 0 bridgehead atoms. The minimum atomic E-state index is 0.383. The van der Waals surface area contributed by atoms with Crippen LogP contribution in [0, 0.1) is 11.3 Å². The quantitative estimate of drug-likeness (QED) is 0.512. The Morgan fingerprint density at radius 1 is 1.37 bits per heavy atom. The van der Waals surface area contributed by atoms with Gasteiger partial charge in [0.15, 0.2) is 0 Å². The monoisotopic (exact) mass is 304 g/mol. The first-order valence-corrected chi connectivity index (χ1v) is 8.73. The summed E-state index contributed by atoms with van der Waals surface area (Å²) in [5.41, 5.74) is 1.45. The van der Waals surface area contributed by atoms with Crippen LogP contribution in [-0.4, -0.2) is 16.8 Å². The standard InChI is InChI=1S/C14H27OPS.C2H6/c1-10-8-11(13(16)15-10)6-5-7-12(17)9-14(2,3)4;1-2/h10-12,16-17H,5-9H2,1-4H3;1-2H3. The van der Waals surface area contributed by atoms with Crippen LogP contribution in [-0.2, 0) is 4.74 Å². The molecule has 1 fully saturated rings. The van der Waals surface area contributed by atoms with Crippen LogP contribution in [0.4, 0.5) is 0 Å². The fourth-order valence-corrected chi connectivity index (χ4v) is 3.72. The predicted octanol–water partition coefficient (Wildman–Crippen LogP) is 5.62. The predicted molar refractivity (Wildman–Crippen MR) is 94.0 cm³/mol. The summed E-state index contributed by atoms with van der Waals surface area (Å²) in [5, 5.41) is 0.535. The van der Waals surface area contributed by atoms with Crippen molar-refractivity contribution < 1.29 is 4.74 Å². The molecule has 0 saturated carbocycles. The number of ether oxygens (including phenoxy) is 1. The van der Waals surface area contributed by atoms with Crippen molar-refractivity contribution in [2.24, 2.45) is 11.3 Å². The molecule has 0 amide bonds. The lowest BCUT2D eigenvalue weighted by Crippen LogP contribution is -2.14. The third-order valence-corrected chi connectivity index (χ3v) is 4.22. The SMILES string of the molecule is CC.CC1CC(CCCC(S)CC(C)(C)C)C(=P)O1. The van der Waals surface area contributed by atoms with E-state index in [1.165, 1.54) is 25.7 Å². The second-order valence-electron chi connectivity index (χ2n) is 6.57. The Hall–Kier alpha value is 0.480. The molecule has 1 saturated heterocycles. The summed E-state index contributed by atoms with van der Waals surface area (Å²) >= 11 is 4.69. The zero-order valence-corrected chi connectivity index (χ0v) is 15.5. The van der Waals surface area contributed by atoms with Crippen molar-refractivity contribution >= 4 is 27.0 Å². The van der Waals surface area contributed by atoms with Crippen LogP contribution >= 0.6 is 21.5 Å². The van der Waals surface area contributed by atoms with Crippen molar-refractivity contribution in [3.63, 3.8) is 0 Å². The lowest BCUT2D eigenvalue weighted by molar-refractivity contribution is 0.244. The zero-order valence-electron chi connectivity index (χ0n) is 13.6. The van der Waals surface area contributed by atoms with Gasteiger partial charge in [0.1, 0.15) is 0 Å². The lowest BCUT2D eigenvalue weighted by Gasteiger charge is -2.22. The average Bonchev–Trinajstić information content (AvgIpc) is 2.58. The number of hydrogen-bond donors (Lipinski definition) is 1. The first-order valence-electron chi connectivity index (χ1n) is 7.71. The molecule has 0 aromatic rings. The van der Waals surface area contributed by atoms with E-state index in [9.17, 15) is 0 Å². The summed E-state index contributed by atoms with van der Waals surface area (Å²) < 4.78 is 5.62. The van der Waals surface area contributed by atoms with E-state index < -0.39 is 0 Å². The van der Waals surface area contributed by atoms with Crippen molar-refractivity contribution in [1.29, 1.82) is 0 Å². The molecule has 1 rings (SSSR count). The second kappa shape index (κ2) is 9.42. The molecule has 0 aromatic carbocycles. The van der Waals surface area contributed by atoms with Crippen molar-refractivity contribution in [2.45, 2.75) is 85.0 Å². The number of rotatable bonds is 5. The molecule has 3 heteroatoms. The Morgan fingerprint density at radius 2 is 1.95 bits per heavy atom. The van der Waals surface area contributed by atoms with Crippen LogP contribution in [0.3, 0.4) is 0 Å². The van der Waals surface area contributed by atoms with Crippen LogP contribution < -0.4 is 0 Å². The summed E-state index contributed by atoms with van der Waals surface area (Å²) in [7, 11) is 3.59. The smallest absolute Gasteiger partial charge is 0.0749 e. The zero-order chi connectivity index (χ0) is 15.1. The second-order valence-corrected chi connectivity index (χ2v) is 7.80. The normalized spacial score (nSPS) is 24.9. The Balaban J connectivity index is 0.00000154. The molecule has 0 N–H and O–H groups in total. The van der Waals surface area contributed by atoms with Gasteiger partial charge in [-0.1, -0.05) is 49.9 Å². The highest BCUT2D eigenvalue weighted by Crippen LogP contribution is 2.30. The molecule has 1 nitrogen and oxygen atoms in total. The minimum Gasteiger partial charge on any atom is -0.343 e. The van der Waals surface area contributed by atoms with Crippen LogP contribution in [0.15, 0.2) is 0 Å². The summed E-state index contributed by atoms with van der Waals surface area (Å²) in [6.45, 7) is 13.0. The summed E-state index contributed by atoms with van der Waals surface area (Å²) in [6.07, 6.45) is 6.43. The molecular weight excluding hydrogens is 271 g/mol. The van der Waals surface area contributed by atoms with Gasteiger partial charge in [0.25, 0.3) is 0 Å². The maximum atomic E-state index is 5.62. The third-order valence-electron chi connectivity index (χ3n) is 3.25. The third kappa shape index (κ3) is 9.10. The van der Waals surface area contributed by atoms with E-state index >= 15 is 0 Å². The van der Waals surface area contributed by atoms with E-state index in [1.54, 1.807) is 0 Å². The van der Waals surface area contributed by atoms with Gasteiger partial charge in [0.05, 0.1) is 11.6 Å². The molecule has 0 aliphatic carbocycles. The Morgan fingerprint density at radius 3 is 2.37 bits per heavy atom. The van der Waals surface area contributed by atoms with Crippen LogP contribution in [0.5, 0.6) is 0 Å². The fourth-order valence-electron chi connectivity index (χ4n) is 2.53. The molecule has 0 radical (unpaired) electrons. The number of thiol groups is 1. The van der Waals surface area contributed by atoms with Gasteiger partial charge in [-0.25, -0.2) is 0 Å².